The SMILES string of the molecule is CC(C)=CCCC(C(=O)O)=C1CC[C@@]2(C)[C@H]1C[C@@H](O)[C@H]1[C@@]3(C)CC[C@@H](O)[C@@H](C)[C@@H]3C[C@H](O)[C@@]12C. The first-order valence-electron chi connectivity index (χ1n) is 13.4. The van der Waals surface area contributed by atoms with Gasteiger partial charge in [-0.1, -0.05) is 44.9 Å². The predicted molar refractivity (Wildman–Crippen MR) is 133 cm³/mol. The average molecular weight is 475 g/mol. The van der Waals surface area contributed by atoms with Crippen molar-refractivity contribution in [3.8, 4) is 0 Å². The van der Waals surface area contributed by atoms with Gasteiger partial charge in [-0.2, -0.15) is 0 Å². The number of allylic oxidation sites excluding steroid dienone is 3. The van der Waals surface area contributed by atoms with E-state index in [0.717, 1.165) is 31.3 Å². The second-order valence-electron chi connectivity index (χ2n) is 13.0. The Morgan fingerprint density at radius 2 is 1.74 bits per heavy atom. The molecule has 0 amide bonds. The van der Waals surface area contributed by atoms with Crippen LogP contribution in [0.25, 0.3) is 0 Å². The lowest BCUT2D eigenvalue weighted by molar-refractivity contribution is -0.272. The van der Waals surface area contributed by atoms with E-state index in [1.807, 2.05) is 13.8 Å². The highest BCUT2D eigenvalue weighted by Gasteiger charge is 2.72. The molecule has 4 fully saturated rings. The van der Waals surface area contributed by atoms with Gasteiger partial charge in [0.25, 0.3) is 0 Å². The van der Waals surface area contributed by atoms with Gasteiger partial charge in [-0.15, -0.1) is 0 Å². The fraction of sp³-hybridized carbons (Fsp3) is 0.828. The summed E-state index contributed by atoms with van der Waals surface area (Å²) in [5, 5.41) is 44.2. The number of rotatable bonds is 4. The van der Waals surface area contributed by atoms with Crippen LogP contribution in [0.5, 0.6) is 0 Å². The Bertz CT molecular complexity index is 887. The molecule has 0 aromatic rings. The van der Waals surface area contributed by atoms with Crippen molar-refractivity contribution in [2.75, 3.05) is 0 Å². The largest absolute Gasteiger partial charge is 0.478 e. The molecular formula is C29H46O5. The monoisotopic (exact) mass is 474 g/mol. The number of carboxylic acid groups (broad SMARTS) is 1. The van der Waals surface area contributed by atoms with E-state index in [2.05, 4.69) is 33.8 Å². The molecule has 0 heterocycles. The van der Waals surface area contributed by atoms with Crippen LogP contribution < -0.4 is 0 Å². The molecule has 0 radical (unpaired) electrons. The summed E-state index contributed by atoms with van der Waals surface area (Å²) >= 11 is 0. The maximum atomic E-state index is 12.3. The number of aliphatic carboxylic acids is 1. The van der Waals surface area contributed by atoms with E-state index in [4.69, 9.17) is 0 Å². The third kappa shape index (κ3) is 3.56. The third-order valence-corrected chi connectivity index (χ3v) is 11.4. The van der Waals surface area contributed by atoms with Crippen molar-refractivity contribution in [1.29, 1.82) is 0 Å². The molecule has 4 saturated carbocycles. The summed E-state index contributed by atoms with van der Waals surface area (Å²) < 4.78 is 0. The number of hydrogen-bond acceptors (Lipinski definition) is 4. The van der Waals surface area contributed by atoms with Crippen molar-refractivity contribution in [3.05, 3.63) is 22.8 Å². The van der Waals surface area contributed by atoms with Crippen LogP contribution >= 0.6 is 0 Å². The minimum atomic E-state index is -0.838. The summed E-state index contributed by atoms with van der Waals surface area (Å²) in [6.45, 7) is 12.9. The number of aliphatic hydroxyl groups is 3. The van der Waals surface area contributed by atoms with Crippen LogP contribution in [0.2, 0.25) is 0 Å². The molecule has 5 nitrogen and oxygen atoms in total. The van der Waals surface area contributed by atoms with Gasteiger partial charge in [-0.05, 0) is 99.7 Å². The average Bonchev–Trinajstić information content (AvgIpc) is 3.08. The maximum absolute atomic E-state index is 12.3. The van der Waals surface area contributed by atoms with Gasteiger partial charge in [0.05, 0.1) is 18.3 Å². The van der Waals surface area contributed by atoms with Gasteiger partial charge in [0.1, 0.15) is 0 Å². The van der Waals surface area contributed by atoms with E-state index < -0.39 is 23.6 Å². The minimum Gasteiger partial charge on any atom is -0.478 e. The van der Waals surface area contributed by atoms with Crippen LogP contribution in [0.1, 0.15) is 92.9 Å². The van der Waals surface area contributed by atoms with Crippen molar-refractivity contribution in [3.63, 3.8) is 0 Å². The lowest BCUT2D eigenvalue weighted by Gasteiger charge is -2.70. The van der Waals surface area contributed by atoms with E-state index in [1.54, 1.807) is 0 Å². The highest BCUT2D eigenvalue weighted by Crippen LogP contribution is 2.74. The van der Waals surface area contributed by atoms with E-state index in [0.29, 0.717) is 31.3 Å². The van der Waals surface area contributed by atoms with Gasteiger partial charge >= 0.3 is 5.97 Å². The summed E-state index contributed by atoms with van der Waals surface area (Å²) in [5.41, 5.74) is 1.79. The Morgan fingerprint density at radius 3 is 2.35 bits per heavy atom. The molecule has 0 bridgehead atoms. The molecule has 10 atom stereocenters. The maximum Gasteiger partial charge on any atom is 0.331 e. The van der Waals surface area contributed by atoms with Crippen LogP contribution in [-0.2, 0) is 4.79 Å². The molecular weight excluding hydrogens is 428 g/mol. The molecule has 0 aromatic carbocycles. The normalized spacial score (nSPS) is 49.5. The number of fused-ring (bicyclic) bond motifs is 5. The van der Waals surface area contributed by atoms with E-state index in [9.17, 15) is 25.2 Å². The molecule has 4 N–H and O–H groups in total. The zero-order chi connectivity index (χ0) is 25.2. The number of hydrogen-bond donors (Lipinski definition) is 4. The molecule has 4 aliphatic carbocycles. The topological polar surface area (TPSA) is 98.0 Å². The van der Waals surface area contributed by atoms with Crippen molar-refractivity contribution in [1.82, 2.24) is 0 Å². The number of carbonyl (C=O) groups is 1. The van der Waals surface area contributed by atoms with Crippen LogP contribution in [0.15, 0.2) is 22.8 Å². The smallest absolute Gasteiger partial charge is 0.331 e. The molecule has 0 spiro atoms. The molecule has 192 valence electrons. The standard InChI is InChI=1S/C29H46O5/c1-16(2)8-7-9-19(26(33)34)18-10-13-28(5)21(18)14-23(31)25-27(4)12-11-22(30)17(3)20(27)15-24(32)29(25,28)6/h8,17,20-25,30-32H,7,9-15H2,1-6H3,(H,33,34)/t17-,20-,21-,22+,23+,24-,25-,27-,28-,29-/m0/s1. The first kappa shape index (κ1) is 25.9. The summed E-state index contributed by atoms with van der Waals surface area (Å²) in [4.78, 5) is 12.3. The van der Waals surface area contributed by atoms with Crippen molar-refractivity contribution in [2.24, 2.45) is 39.9 Å². The highest BCUT2D eigenvalue weighted by atomic mass is 16.4. The Morgan fingerprint density at radius 1 is 1.06 bits per heavy atom. The van der Waals surface area contributed by atoms with E-state index in [-0.39, 0.29) is 40.6 Å². The summed E-state index contributed by atoms with van der Waals surface area (Å²) in [6.07, 6.45) is 6.18. The van der Waals surface area contributed by atoms with E-state index >= 15 is 0 Å². The summed E-state index contributed by atoms with van der Waals surface area (Å²) in [6, 6.07) is 0. The van der Waals surface area contributed by atoms with Crippen LogP contribution in [0.4, 0.5) is 0 Å². The fourth-order valence-electron chi connectivity index (χ4n) is 9.42. The third-order valence-electron chi connectivity index (χ3n) is 11.4. The quantitative estimate of drug-likeness (QED) is 0.336. The van der Waals surface area contributed by atoms with Crippen LogP contribution in [-0.4, -0.2) is 44.7 Å². The van der Waals surface area contributed by atoms with Crippen LogP contribution in [0, 0.1) is 39.9 Å². The zero-order valence-corrected chi connectivity index (χ0v) is 22.0. The Kier molecular flexibility index (Phi) is 6.66. The van der Waals surface area contributed by atoms with Crippen LogP contribution in [0.3, 0.4) is 0 Å². The second kappa shape index (κ2) is 8.74. The van der Waals surface area contributed by atoms with Gasteiger partial charge < -0.3 is 20.4 Å². The molecule has 4 rings (SSSR count). The van der Waals surface area contributed by atoms with Gasteiger partial charge in [0.2, 0.25) is 0 Å². The second-order valence-corrected chi connectivity index (χ2v) is 13.0. The Balaban J connectivity index is 1.77. The number of carboxylic acids is 1. The molecule has 0 aliphatic heterocycles. The fourth-order valence-corrected chi connectivity index (χ4v) is 9.42. The predicted octanol–water partition coefficient (Wildman–Crippen LogP) is 5.10. The first-order valence-corrected chi connectivity index (χ1v) is 13.4. The molecule has 34 heavy (non-hydrogen) atoms. The lowest BCUT2D eigenvalue weighted by Crippen LogP contribution is -2.70. The lowest BCUT2D eigenvalue weighted by atomic mass is 9.35. The molecule has 0 unspecified atom stereocenters. The highest BCUT2D eigenvalue weighted by molar-refractivity contribution is 5.87. The first-order chi connectivity index (χ1) is 15.8. The Hall–Kier alpha value is -1.17. The number of aliphatic hydroxyl groups excluding tert-OH is 3. The van der Waals surface area contributed by atoms with Gasteiger partial charge in [-0.3, -0.25) is 0 Å². The molecule has 5 heteroatoms. The van der Waals surface area contributed by atoms with Crippen molar-refractivity contribution < 1.29 is 25.2 Å². The van der Waals surface area contributed by atoms with Crippen molar-refractivity contribution in [2.45, 2.75) is 111 Å². The molecule has 0 aromatic heterocycles. The van der Waals surface area contributed by atoms with Gasteiger partial charge in [0.15, 0.2) is 0 Å². The van der Waals surface area contributed by atoms with Crippen molar-refractivity contribution >= 4 is 5.97 Å². The summed E-state index contributed by atoms with van der Waals surface area (Å²) in [5.74, 6) is -0.654. The minimum absolute atomic E-state index is 0.0250. The van der Waals surface area contributed by atoms with Gasteiger partial charge in [0, 0.05) is 11.0 Å². The zero-order valence-electron chi connectivity index (χ0n) is 22.0. The Labute approximate surface area is 205 Å². The summed E-state index contributed by atoms with van der Waals surface area (Å²) in [7, 11) is 0. The van der Waals surface area contributed by atoms with E-state index in [1.165, 1.54) is 5.57 Å². The van der Waals surface area contributed by atoms with Gasteiger partial charge in [-0.25, -0.2) is 4.79 Å². The molecule has 4 aliphatic rings. The molecule has 0 saturated heterocycles.